The number of rotatable bonds is 10. The molecule has 1 saturated carbocycles. The third-order valence-electron chi connectivity index (χ3n) is 7.41. The molecular weight excluding hydrogens is 600 g/mol. The molecule has 1 aliphatic rings. The van der Waals surface area contributed by atoms with Gasteiger partial charge in [-0.15, -0.1) is 11.3 Å². The molecule has 1 unspecified atom stereocenters. The zero-order chi connectivity index (χ0) is 31.6. The van der Waals surface area contributed by atoms with Crippen molar-refractivity contribution in [3.05, 3.63) is 94.3 Å². The summed E-state index contributed by atoms with van der Waals surface area (Å²) in [6, 6.07) is 24.3. The number of aliphatic carboxylic acids is 1. The molecule has 0 bridgehead atoms. The molecule has 1 heterocycles. The molecule has 1 fully saturated rings. The van der Waals surface area contributed by atoms with E-state index in [0.717, 1.165) is 32.7 Å². The number of hydrogen-bond acceptors (Lipinski definition) is 7. The van der Waals surface area contributed by atoms with E-state index < -0.39 is 29.5 Å². The number of anilines is 2. The van der Waals surface area contributed by atoms with Gasteiger partial charge in [-0.05, 0) is 74.9 Å². The number of amides is 1. The zero-order valence-electron chi connectivity index (χ0n) is 24.9. The number of carboxylic acid groups (broad SMARTS) is 1. The standard InChI is InChI=1S/C34H35ClN2O6S/c1-20(21-8-6-5-7-9-21)42-31(40)37-27-19-28(35)44-29(27)23-12-15-25(26(18-23)36-32(41)43-33(2,3)4)22-10-13-24(14-11-22)34(16-17-34)30(38)39/h5-15,18-20,31,37,40H,16-17H2,1-4H3,(H,36,41)(H,38,39)/t20-,31?/m1/s1. The van der Waals surface area contributed by atoms with Crippen molar-refractivity contribution in [1.29, 1.82) is 0 Å². The van der Waals surface area contributed by atoms with Gasteiger partial charge in [0.25, 0.3) is 0 Å². The Balaban J connectivity index is 1.44. The summed E-state index contributed by atoms with van der Waals surface area (Å²) in [7, 11) is 0. The summed E-state index contributed by atoms with van der Waals surface area (Å²) in [5.74, 6) is -0.814. The highest BCUT2D eigenvalue weighted by atomic mass is 35.5. The first-order valence-corrected chi connectivity index (χ1v) is 15.5. The number of carbonyl (C=O) groups excluding carboxylic acids is 1. The molecule has 1 aromatic heterocycles. The Morgan fingerprint density at radius 1 is 0.955 bits per heavy atom. The van der Waals surface area contributed by atoms with Crippen molar-refractivity contribution < 1.29 is 29.3 Å². The minimum atomic E-state index is -1.31. The quantitative estimate of drug-likeness (QED) is 0.129. The van der Waals surface area contributed by atoms with Crippen molar-refractivity contribution in [2.75, 3.05) is 10.6 Å². The molecular formula is C34H35ClN2O6S. The van der Waals surface area contributed by atoms with Gasteiger partial charge in [-0.2, -0.15) is 0 Å². The van der Waals surface area contributed by atoms with E-state index in [2.05, 4.69) is 10.6 Å². The van der Waals surface area contributed by atoms with Crippen LogP contribution in [0.4, 0.5) is 16.2 Å². The SMILES string of the molecule is C[C@@H](OC(O)Nc1cc(Cl)sc1-c1ccc(-c2ccc(C3(C(=O)O)CC3)cc2)c(NC(=O)OC(C)(C)C)c1)c1ccccc1. The molecule has 4 aromatic rings. The highest BCUT2D eigenvalue weighted by Gasteiger charge is 2.51. The topological polar surface area (TPSA) is 117 Å². The molecule has 0 saturated heterocycles. The number of aliphatic hydroxyl groups is 1. The van der Waals surface area contributed by atoms with Crippen LogP contribution in [-0.2, 0) is 19.7 Å². The molecule has 1 aliphatic carbocycles. The largest absolute Gasteiger partial charge is 0.481 e. The molecule has 230 valence electrons. The van der Waals surface area contributed by atoms with Crippen LogP contribution in [0.25, 0.3) is 21.6 Å². The summed E-state index contributed by atoms with van der Waals surface area (Å²) in [6.45, 7) is 7.22. The van der Waals surface area contributed by atoms with E-state index in [0.29, 0.717) is 28.6 Å². The number of ether oxygens (including phenoxy) is 2. The van der Waals surface area contributed by atoms with Crippen LogP contribution in [0, 0.1) is 0 Å². The van der Waals surface area contributed by atoms with Crippen LogP contribution in [0.2, 0.25) is 4.34 Å². The van der Waals surface area contributed by atoms with E-state index in [-0.39, 0.29) is 6.10 Å². The first-order valence-electron chi connectivity index (χ1n) is 14.3. The lowest BCUT2D eigenvalue weighted by molar-refractivity contribution is -0.140. The van der Waals surface area contributed by atoms with Gasteiger partial charge in [0.1, 0.15) is 5.60 Å². The van der Waals surface area contributed by atoms with Crippen molar-refractivity contribution in [3.8, 4) is 21.6 Å². The van der Waals surface area contributed by atoms with Crippen LogP contribution in [0.5, 0.6) is 0 Å². The monoisotopic (exact) mass is 634 g/mol. The average Bonchev–Trinajstić information content (AvgIpc) is 3.70. The van der Waals surface area contributed by atoms with Crippen molar-refractivity contribution in [1.82, 2.24) is 0 Å². The Bertz CT molecular complexity index is 1640. The van der Waals surface area contributed by atoms with Crippen LogP contribution < -0.4 is 10.6 Å². The number of thiophene rings is 1. The van der Waals surface area contributed by atoms with Gasteiger partial charge in [0.15, 0.2) is 0 Å². The zero-order valence-corrected chi connectivity index (χ0v) is 26.5. The second-order valence-electron chi connectivity index (χ2n) is 11.8. The summed E-state index contributed by atoms with van der Waals surface area (Å²) < 4.78 is 11.8. The number of hydrogen-bond donors (Lipinski definition) is 4. The molecule has 1 amide bonds. The van der Waals surface area contributed by atoms with E-state index in [1.165, 1.54) is 11.3 Å². The van der Waals surface area contributed by atoms with Crippen LogP contribution in [0.3, 0.4) is 0 Å². The van der Waals surface area contributed by atoms with Gasteiger partial charge >= 0.3 is 12.1 Å². The third kappa shape index (κ3) is 7.25. The highest BCUT2D eigenvalue weighted by Crippen LogP contribution is 2.49. The highest BCUT2D eigenvalue weighted by molar-refractivity contribution is 7.20. The summed E-state index contributed by atoms with van der Waals surface area (Å²) in [6.07, 6.45) is -1.06. The molecule has 5 rings (SSSR count). The van der Waals surface area contributed by atoms with Gasteiger partial charge in [-0.1, -0.05) is 78.3 Å². The van der Waals surface area contributed by atoms with Crippen LogP contribution in [0.15, 0.2) is 78.9 Å². The minimum Gasteiger partial charge on any atom is -0.481 e. The molecule has 2 atom stereocenters. The number of halogens is 1. The number of carbonyl (C=O) groups is 2. The van der Waals surface area contributed by atoms with E-state index in [4.69, 9.17) is 21.1 Å². The maximum Gasteiger partial charge on any atom is 0.412 e. The van der Waals surface area contributed by atoms with Crippen molar-refractivity contribution in [2.24, 2.45) is 0 Å². The maximum atomic E-state index is 12.9. The normalized spacial score (nSPS) is 15.2. The lowest BCUT2D eigenvalue weighted by atomic mass is 9.93. The second kappa shape index (κ2) is 12.6. The van der Waals surface area contributed by atoms with E-state index in [1.54, 1.807) is 26.8 Å². The summed E-state index contributed by atoms with van der Waals surface area (Å²) in [5, 5.41) is 26.3. The lowest BCUT2D eigenvalue weighted by Gasteiger charge is -2.21. The third-order valence-corrected chi connectivity index (χ3v) is 8.72. The lowest BCUT2D eigenvalue weighted by Crippen LogP contribution is -2.27. The molecule has 0 aliphatic heterocycles. The molecule has 0 radical (unpaired) electrons. The van der Waals surface area contributed by atoms with Gasteiger partial charge in [-0.3, -0.25) is 10.1 Å². The van der Waals surface area contributed by atoms with Gasteiger partial charge < -0.3 is 25.0 Å². The van der Waals surface area contributed by atoms with Gasteiger partial charge in [0, 0.05) is 5.56 Å². The Labute approximate surface area is 265 Å². The van der Waals surface area contributed by atoms with E-state index >= 15 is 0 Å². The number of benzene rings is 3. The Kier molecular flexibility index (Phi) is 9.04. The second-order valence-corrected chi connectivity index (χ2v) is 13.5. The number of aliphatic hydroxyl groups excluding tert-OH is 1. The smallest absolute Gasteiger partial charge is 0.412 e. The van der Waals surface area contributed by atoms with Gasteiger partial charge in [-0.25, -0.2) is 4.79 Å². The van der Waals surface area contributed by atoms with Crippen LogP contribution >= 0.6 is 22.9 Å². The summed E-state index contributed by atoms with van der Waals surface area (Å²) in [5.41, 5.74) is 3.50. The average molecular weight is 635 g/mol. The molecule has 44 heavy (non-hydrogen) atoms. The fourth-order valence-corrected chi connectivity index (χ4v) is 6.20. The number of nitrogens with one attached hydrogen (secondary N) is 2. The minimum absolute atomic E-state index is 0.364. The number of carboxylic acids is 1. The fourth-order valence-electron chi connectivity index (χ4n) is 5.02. The predicted molar refractivity (Wildman–Crippen MR) is 174 cm³/mol. The van der Waals surface area contributed by atoms with Gasteiger partial charge in [0.05, 0.1) is 32.1 Å². The van der Waals surface area contributed by atoms with E-state index in [9.17, 15) is 19.8 Å². The van der Waals surface area contributed by atoms with E-state index in [1.807, 2.05) is 79.7 Å². The van der Waals surface area contributed by atoms with Crippen LogP contribution in [0.1, 0.15) is 57.8 Å². The van der Waals surface area contributed by atoms with Crippen molar-refractivity contribution in [3.63, 3.8) is 0 Å². The summed E-state index contributed by atoms with van der Waals surface area (Å²) >= 11 is 7.74. The first kappa shape index (κ1) is 31.5. The molecule has 10 heteroatoms. The molecule has 4 N–H and O–H groups in total. The predicted octanol–water partition coefficient (Wildman–Crippen LogP) is 8.66. The Hall–Kier alpha value is -3.89. The molecule has 0 spiro atoms. The molecule has 3 aromatic carbocycles. The van der Waals surface area contributed by atoms with Gasteiger partial charge in [0.2, 0.25) is 6.41 Å². The Morgan fingerprint density at radius 3 is 2.23 bits per heavy atom. The van der Waals surface area contributed by atoms with Crippen LogP contribution in [-0.4, -0.2) is 34.3 Å². The summed E-state index contributed by atoms with van der Waals surface area (Å²) in [4.78, 5) is 25.4. The van der Waals surface area contributed by atoms with Crippen molar-refractivity contribution in [2.45, 2.75) is 64.1 Å². The first-order chi connectivity index (χ1) is 20.8. The van der Waals surface area contributed by atoms with Crippen molar-refractivity contribution >= 4 is 46.4 Å². The fraction of sp³-hybridized carbons (Fsp3) is 0.294. The molecule has 8 nitrogen and oxygen atoms in total. The Morgan fingerprint density at radius 2 is 1.61 bits per heavy atom. The maximum absolute atomic E-state index is 12.9.